The van der Waals surface area contributed by atoms with E-state index in [4.69, 9.17) is 5.26 Å². The molecule has 1 unspecified atom stereocenters. The summed E-state index contributed by atoms with van der Waals surface area (Å²) in [4.78, 5) is 0. The van der Waals surface area contributed by atoms with E-state index < -0.39 is 6.10 Å². The summed E-state index contributed by atoms with van der Waals surface area (Å²) in [5.41, 5.74) is 2.20. The third kappa shape index (κ3) is 4.04. The molecule has 0 aromatic heterocycles. The van der Waals surface area contributed by atoms with Crippen LogP contribution in [0.1, 0.15) is 43.9 Å². The SMILES string of the molecule is CC(C)Cc1ccc(C(O)CCC#N)cc1. The maximum absolute atomic E-state index is 9.77. The highest BCUT2D eigenvalue weighted by atomic mass is 16.3. The van der Waals surface area contributed by atoms with Gasteiger partial charge in [-0.1, -0.05) is 38.1 Å². The highest BCUT2D eigenvalue weighted by Gasteiger charge is 2.06. The molecule has 0 aliphatic rings. The minimum atomic E-state index is -0.507. The first-order valence-corrected chi connectivity index (χ1v) is 5.77. The van der Waals surface area contributed by atoms with Gasteiger partial charge in [0.15, 0.2) is 0 Å². The molecule has 1 rings (SSSR count). The molecule has 0 bridgehead atoms. The monoisotopic (exact) mass is 217 g/mol. The van der Waals surface area contributed by atoms with Crippen LogP contribution in [0.5, 0.6) is 0 Å². The molecule has 0 aliphatic carbocycles. The molecule has 1 N–H and O–H groups in total. The zero-order valence-electron chi connectivity index (χ0n) is 9.98. The fraction of sp³-hybridized carbons (Fsp3) is 0.500. The van der Waals surface area contributed by atoms with Crippen LogP contribution in [-0.4, -0.2) is 5.11 Å². The second-order valence-electron chi connectivity index (χ2n) is 4.55. The Morgan fingerprint density at radius 2 is 1.88 bits per heavy atom. The first-order valence-electron chi connectivity index (χ1n) is 5.77. The molecule has 0 saturated carbocycles. The maximum atomic E-state index is 9.77. The summed E-state index contributed by atoms with van der Waals surface area (Å²) in [5.74, 6) is 0.648. The Labute approximate surface area is 97.5 Å². The van der Waals surface area contributed by atoms with Crippen molar-refractivity contribution < 1.29 is 5.11 Å². The lowest BCUT2D eigenvalue weighted by Gasteiger charge is -2.10. The van der Waals surface area contributed by atoms with Gasteiger partial charge in [-0.25, -0.2) is 0 Å². The minimum absolute atomic E-state index is 0.398. The van der Waals surface area contributed by atoms with Gasteiger partial charge in [0, 0.05) is 6.42 Å². The summed E-state index contributed by atoms with van der Waals surface area (Å²) in [7, 11) is 0. The summed E-state index contributed by atoms with van der Waals surface area (Å²) >= 11 is 0. The molecule has 0 amide bonds. The van der Waals surface area contributed by atoms with E-state index in [-0.39, 0.29) is 0 Å². The van der Waals surface area contributed by atoms with Crippen molar-refractivity contribution in [1.82, 2.24) is 0 Å². The second-order valence-corrected chi connectivity index (χ2v) is 4.55. The van der Waals surface area contributed by atoms with E-state index in [0.29, 0.717) is 18.8 Å². The highest BCUT2D eigenvalue weighted by Crippen LogP contribution is 2.19. The van der Waals surface area contributed by atoms with Crippen LogP contribution in [0.2, 0.25) is 0 Å². The van der Waals surface area contributed by atoms with Crippen LogP contribution in [0, 0.1) is 17.2 Å². The number of hydrogen-bond acceptors (Lipinski definition) is 2. The molecule has 86 valence electrons. The van der Waals surface area contributed by atoms with Gasteiger partial charge in [0.1, 0.15) is 0 Å². The molecule has 0 aliphatic heterocycles. The van der Waals surface area contributed by atoms with Gasteiger partial charge in [-0.3, -0.25) is 0 Å². The van der Waals surface area contributed by atoms with Crippen molar-refractivity contribution in [2.24, 2.45) is 5.92 Å². The quantitative estimate of drug-likeness (QED) is 0.823. The predicted molar refractivity (Wildman–Crippen MR) is 64.8 cm³/mol. The van der Waals surface area contributed by atoms with Crippen molar-refractivity contribution >= 4 is 0 Å². The summed E-state index contributed by atoms with van der Waals surface area (Å²) in [6.45, 7) is 4.38. The van der Waals surface area contributed by atoms with Crippen LogP contribution in [0.15, 0.2) is 24.3 Å². The number of nitriles is 1. The zero-order chi connectivity index (χ0) is 12.0. The first-order chi connectivity index (χ1) is 7.63. The fourth-order valence-corrected chi connectivity index (χ4v) is 1.72. The molecule has 1 atom stereocenters. The van der Waals surface area contributed by atoms with Crippen LogP contribution in [-0.2, 0) is 6.42 Å². The molecule has 16 heavy (non-hydrogen) atoms. The molecule has 0 spiro atoms. The molecule has 0 fully saturated rings. The third-order valence-corrected chi connectivity index (χ3v) is 2.54. The van der Waals surface area contributed by atoms with Crippen molar-refractivity contribution in [2.75, 3.05) is 0 Å². The molecule has 1 aromatic carbocycles. The Hall–Kier alpha value is -1.33. The van der Waals surface area contributed by atoms with E-state index in [9.17, 15) is 5.11 Å². The van der Waals surface area contributed by atoms with Gasteiger partial charge in [0.2, 0.25) is 0 Å². The number of aliphatic hydroxyl groups is 1. The fourth-order valence-electron chi connectivity index (χ4n) is 1.72. The average Bonchev–Trinajstić information content (AvgIpc) is 2.26. The molecular weight excluding hydrogens is 198 g/mol. The highest BCUT2D eigenvalue weighted by molar-refractivity contribution is 5.24. The summed E-state index contributed by atoms with van der Waals surface area (Å²) < 4.78 is 0. The van der Waals surface area contributed by atoms with E-state index in [2.05, 4.69) is 26.0 Å². The molecule has 0 radical (unpaired) electrons. The van der Waals surface area contributed by atoms with Gasteiger partial charge in [-0.2, -0.15) is 5.26 Å². The number of hydrogen-bond donors (Lipinski definition) is 1. The van der Waals surface area contributed by atoms with Gasteiger partial charge in [-0.15, -0.1) is 0 Å². The Kier molecular flexibility index (Phi) is 5.01. The number of rotatable bonds is 5. The first kappa shape index (κ1) is 12.7. The van der Waals surface area contributed by atoms with Crippen LogP contribution < -0.4 is 0 Å². The minimum Gasteiger partial charge on any atom is -0.388 e. The number of nitrogens with zero attached hydrogens (tertiary/aromatic N) is 1. The molecule has 0 saturated heterocycles. The summed E-state index contributed by atoms with van der Waals surface area (Å²) in [6, 6.07) is 10.1. The van der Waals surface area contributed by atoms with E-state index in [1.807, 2.05) is 18.2 Å². The van der Waals surface area contributed by atoms with Crippen LogP contribution in [0.4, 0.5) is 0 Å². The Bertz CT molecular complexity index is 348. The van der Waals surface area contributed by atoms with Crippen molar-refractivity contribution in [1.29, 1.82) is 5.26 Å². The van der Waals surface area contributed by atoms with E-state index in [0.717, 1.165) is 12.0 Å². The molecule has 2 heteroatoms. The van der Waals surface area contributed by atoms with Gasteiger partial charge >= 0.3 is 0 Å². The van der Waals surface area contributed by atoms with Crippen molar-refractivity contribution in [2.45, 2.75) is 39.2 Å². The van der Waals surface area contributed by atoms with Crippen LogP contribution in [0.3, 0.4) is 0 Å². The smallest absolute Gasteiger partial charge is 0.0799 e. The Morgan fingerprint density at radius 1 is 1.25 bits per heavy atom. The standard InChI is InChI=1S/C14H19NO/c1-11(2)10-12-5-7-13(8-6-12)14(16)4-3-9-15/h5-8,11,14,16H,3-4,10H2,1-2H3. The largest absolute Gasteiger partial charge is 0.388 e. The van der Waals surface area contributed by atoms with Gasteiger partial charge in [-0.05, 0) is 29.9 Å². The summed E-state index contributed by atoms with van der Waals surface area (Å²) in [6.07, 6.45) is 1.47. The van der Waals surface area contributed by atoms with Crippen LogP contribution in [0.25, 0.3) is 0 Å². The third-order valence-electron chi connectivity index (χ3n) is 2.54. The Balaban J connectivity index is 2.60. The topological polar surface area (TPSA) is 44.0 Å². The second kappa shape index (κ2) is 6.30. The normalized spacial score (nSPS) is 12.4. The van der Waals surface area contributed by atoms with E-state index in [1.165, 1.54) is 5.56 Å². The summed E-state index contributed by atoms with van der Waals surface area (Å²) in [5, 5.41) is 18.2. The average molecular weight is 217 g/mol. The predicted octanol–water partition coefficient (Wildman–Crippen LogP) is 3.22. The van der Waals surface area contributed by atoms with Crippen molar-refractivity contribution in [3.63, 3.8) is 0 Å². The van der Waals surface area contributed by atoms with Gasteiger partial charge in [0.25, 0.3) is 0 Å². The van der Waals surface area contributed by atoms with Crippen LogP contribution >= 0.6 is 0 Å². The van der Waals surface area contributed by atoms with Crippen molar-refractivity contribution in [3.05, 3.63) is 35.4 Å². The number of benzene rings is 1. The molecule has 0 heterocycles. The lowest BCUT2D eigenvalue weighted by molar-refractivity contribution is 0.169. The van der Waals surface area contributed by atoms with Crippen molar-refractivity contribution in [3.8, 4) is 6.07 Å². The molecular formula is C14H19NO. The molecule has 2 nitrogen and oxygen atoms in total. The number of aliphatic hydroxyl groups excluding tert-OH is 1. The van der Waals surface area contributed by atoms with Gasteiger partial charge in [0.05, 0.1) is 12.2 Å². The van der Waals surface area contributed by atoms with E-state index in [1.54, 1.807) is 0 Å². The van der Waals surface area contributed by atoms with Gasteiger partial charge < -0.3 is 5.11 Å². The maximum Gasteiger partial charge on any atom is 0.0799 e. The lowest BCUT2D eigenvalue weighted by Crippen LogP contribution is -1.98. The molecule has 1 aromatic rings. The van der Waals surface area contributed by atoms with E-state index >= 15 is 0 Å². The Morgan fingerprint density at radius 3 is 2.38 bits per heavy atom. The lowest BCUT2D eigenvalue weighted by atomic mass is 9.99. The zero-order valence-corrected chi connectivity index (χ0v) is 9.98.